The molecule has 1 fully saturated rings. The summed E-state index contributed by atoms with van der Waals surface area (Å²) in [6.07, 6.45) is 3.78. The van der Waals surface area contributed by atoms with Crippen LogP contribution >= 0.6 is 24.0 Å². The number of nitrogens with zero attached hydrogens (tertiary/aromatic N) is 2. The highest BCUT2D eigenvalue weighted by molar-refractivity contribution is 8.26. The van der Waals surface area contributed by atoms with Crippen LogP contribution in [0.15, 0.2) is 35.4 Å². The number of benzene rings is 1. The zero-order chi connectivity index (χ0) is 16.6. The second-order valence-corrected chi connectivity index (χ2v) is 6.72. The van der Waals surface area contributed by atoms with Gasteiger partial charge in [0.05, 0.1) is 4.91 Å². The normalized spacial score (nSPS) is 16.7. The molecule has 1 amide bonds. The number of hydrogen-bond acceptors (Lipinski definition) is 4. The molecular weight excluding hydrogens is 332 g/mol. The van der Waals surface area contributed by atoms with Gasteiger partial charge in [-0.05, 0) is 19.1 Å². The maximum absolute atomic E-state index is 12.3. The van der Waals surface area contributed by atoms with E-state index in [1.54, 1.807) is 6.08 Å². The fourth-order valence-electron chi connectivity index (χ4n) is 2.56. The number of rotatable bonds is 4. The third kappa shape index (κ3) is 2.89. The van der Waals surface area contributed by atoms with E-state index in [1.807, 2.05) is 30.5 Å². The van der Waals surface area contributed by atoms with Crippen molar-refractivity contribution >= 4 is 57.2 Å². The average Bonchev–Trinajstić information content (AvgIpc) is 3.00. The number of carboxylic acid groups (broad SMARTS) is 1. The van der Waals surface area contributed by atoms with Gasteiger partial charge in [0.2, 0.25) is 0 Å². The van der Waals surface area contributed by atoms with E-state index >= 15 is 0 Å². The molecule has 1 aliphatic rings. The molecule has 0 radical (unpaired) electrons. The van der Waals surface area contributed by atoms with Crippen LogP contribution in [-0.4, -0.2) is 37.3 Å². The molecule has 5 nitrogen and oxygen atoms in total. The van der Waals surface area contributed by atoms with Crippen LogP contribution in [0.25, 0.3) is 17.0 Å². The lowest BCUT2D eigenvalue weighted by atomic mass is 10.1. The lowest BCUT2D eigenvalue weighted by molar-refractivity contribution is -0.140. The zero-order valence-corrected chi connectivity index (χ0v) is 14.0. The largest absolute Gasteiger partial charge is 0.480 e. The van der Waals surface area contributed by atoms with E-state index in [-0.39, 0.29) is 10.2 Å². The highest BCUT2D eigenvalue weighted by atomic mass is 32.2. The van der Waals surface area contributed by atoms with Gasteiger partial charge in [-0.15, -0.1) is 0 Å². The number of hydrogen-bond donors (Lipinski definition) is 1. The predicted octanol–water partition coefficient (Wildman–Crippen LogP) is 2.95. The summed E-state index contributed by atoms with van der Waals surface area (Å²) in [5.74, 6) is -1.43. The third-order valence-electron chi connectivity index (χ3n) is 3.61. The average molecular weight is 346 g/mol. The summed E-state index contributed by atoms with van der Waals surface area (Å²) in [4.78, 5) is 24.8. The van der Waals surface area contributed by atoms with Crippen LogP contribution in [-0.2, 0) is 16.1 Å². The Balaban J connectivity index is 2.01. The van der Waals surface area contributed by atoms with E-state index in [1.165, 1.54) is 0 Å². The molecule has 0 atom stereocenters. The summed E-state index contributed by atoms with van der Waals surface area (Å²) in [5, 5.41) is 9.93. The van der Waals surface area contributed by atoms with E-state index in [0.717, 1.165) is 39.7 Å². The first-order valence-electron chi connectivity index (χ1n) is 7.06. The number of fused-ring (bicyclic) bond motifs is 1. The minimum atomic E-state index is -1.08. The van der Waals surface area contributed by atoms with Crippen molar-refractivity contribution in [2.75, 3.05) is 6.54 Å². The summed E-state index contributed by atoms with van der Waals surface area (Å²) >= 11 is 6.25. The van der Waals surface area contributed by atoms with Gasteiger partial charge in [-0.3, -0.25) is 14.5 Å². The molecular formula is C16H14N2O3S2. The molecule has 0 bridgehead atoms. The number of carboxylic acids is 1. The molecule has 0 saturated carbocycles. The Kier molecular flexibility index (Phi) is 4.23. The highest BCUT2D eigenvalue weighted by Crippen LogP contribution is 2.34. The molecule has 1 aromatic heterocycles. The van der Waals surface area contributed by atoms with Crippen molar-refractivity contribution < 1.29 is 14.7 Å². The first-order chi connectivity index (χ1) is 11.0. The molecule has 3 rings (SSSR count). The number of thiocarbonyl (C=S) groups is 1. The van der Waals surface area contributed by atoms with Gasteiger partial charge < -0.3 is 9.67 Å². The number of para-hydroxylation sites is 1. The van der Waals surface area contributed by atoms with E-state index in [2.05, 4.69) is 11.5 Å². The fraction of sp³-hybridized carbons (Fsp3) is 0.188. The molecule has 2 aromatic rings. The Morgan fingerprint density at radius 1 is 1.39 bits per heavy atom. The molecule has 1 aromatic carbocycles. The van der Waals surface area contributed by atoms with E-state index in [0.29, 0.717) is 4.91 Å². The summed E-state index contributed by atoms with van der Waals surface area (Å²) in [6, 6.07) is 7.97. The van der Waals surface area contributed by atoms with Crippen LogP contribution in [0, 0.1) is 0 Å². The van der Waals surface area contributed by atoms with Crippen molar-refractivity contribution in [1.29, 1.82) is 0 Å². The highest BCUT2D eigenvalue weighted by Gasteiger charge is 2.33. The standard InChI is InChI=1S/C16H14N2O3S2/c1-2-17-8-10(11-5-3-4-6-12(11)17)7-13-15(21)18(9-14(19)20)16(22)23-13/h3-8H,2,9H2,1H3,(H,19,20)/b13-7+. The van der Waals surface area contributed by atoms with Crippen molar-refractivity contribution in [2.24, 2.45) is 0 Å². The van der Waals surface area contributed by atoms with Crippen LogP contribution < -0.4 is 0 Å². The molecule has 0 aliphatic carbocycles. The number of carbonyl (C=O) groups excluding carboxylic acids is 1. The lowest BCUT2D eigenvalue weighted by Gasteiger charge is -2.10. The van der Waals surface area contributed by atoms with Gasteiger partial charge in [-0.25, -0.2) is 0 Å². The minimum Gasteiger partial charge on any atom is -0.480 e. The van der Waals surface area contributed by atoms with Crippen LogP contribution in [0.1, 0.15) is 12.5 Å². The number of thioether (sulfide) groups is 1. The second kappa shape index (κ2) is 6.17. The molecule has 2 heterocycles. The molecule has 1 saturated heterocycles. The first kappa shape index (κ1) is 15.8. The Morgan fingerprint density at radius 2 is 2.13 bits per heavy atom. The Bertz CT molecular complexity index is 854. The van der Waals surface area contributed by atoms with Crippen molar-refractivity contribution in [2.45, 2.75) is 13.5 Å². The monoisotopic (exact) mass is 346 g/mol. The number of aromatic nitrogens is 1. The smallest absolute Gasteiger partial charge is 0.323 e. The Labute approximate surface area is 142 Å². The van der Waals surface area contributed by atoms with E-state index < -0.39 is 12.5 Å². The van der Waals surface area contributed by atoms with Crippen molar-refractivity contribution in [3.63, 3.8) is 0 Å². The van der Waals surface area contributed by atoms with E-state index in [4.69, 9.17) is 17.3 Å². The second-order valence-electron chi connectivity index (χ2n) is 5.05. The Morgan fingerprint density at radius 3 is 2.83 bits per heavy atom. The lowest BCUT2D eigenvalue weighted by Crippen LogP contribution is -2.33. The summed E-state index contributed by atoms with van der Waals surface area (Å²) in [7, 11) is 0. The molecule has 23 heavy (non-hydrogen) atoms. The SMILES string of the molecule is CCn1cc(/C=C2/SC(=S)N(CC(=O)O)C2=O)c2ccccc21. The number of aliphatic carboxylic acids is 1. The Hall–Kier alpha value is -2.12. The van der Waals surface area contributed by atoms with Gasteiger partial charge in [-0.2, -0.15) is 0 Å². The van der Waals surface area contributed by atoms with E-state index in [9.17, 15) is 9.59 Å². The van der Waals surface area contributed by atoms with Crippen molar-refractivity contribution in [1.82, 2.24) is 9.47 Å². The molecule has 1 N–H and O–H groups in total. The van der Waals surface area contributed by atoms with Crippen molar-refractivity contribution in [3.05, 3.63) is 40.9 Å². The molecule has 118 valence electrons. The van der Waals surface area contributed by atoms with Crippen molar-refractivity contribution in [3.8, 4) is 0 Å². The number of carbonyl (C=O) groups is 2. The van der Waals surface area contributed by atoms with Crippen LogP contribution in [0.4, 0.5) is 0 Å². The summed E-state index contributed by atoms with van der Waals surface area (Å²) < 4.78 is 2.39. The topological polar surface area (TPSA) is 62.5 Å². The van der Waals surface area contributed by atoms with Crippen LogP contribution in [0.3, 0.4) is 0 Å². The number of aryl methyl sites for hydroxylation is 1. The van der Waals surface area contributed by atoms with Gasteiger partial charge >= 0.3 is 5.97 Å². The fourth-order valence-corrected chi connectivity index (χ4v) is 3.81. The van der Waals surface area contributed by atoms with Gasteiger partial charge in [0.1, 0.15) is 10.9 Å². The summed E-state index contributed by atoms with van der Waals surface area (Å²) in [5.41, 5.74) is 2.03. The molecule has 0 spiro atoms. The maximum atomic E-state index is 12.3. The predicted molar refractivity (Wildman–Crippen MR) is 95.1 cm³/mol. The van der Waals surface area contributed by atoms with Gasteiger partial charge in [0.25, 0.3) is 5.91 Å². The van der Waals surface area contributed by atoms with Crippen LogP contribution in [0.2, 0.25) is 0 Å². The van der Waals surface area contributed by atoms with Gasteiger partial charge in [0.15, 0.2) is 0 Å². The maximum Gasteiger partial charge on any atom is 0.323 e. The number of amides is 1. The van der Waals surface area contributed by atoms with Gasteiger partial charge in [0, 0.05) is 29.2 Å². The van der Waals surface area contributed by atoms with Crippen LogP contribution in [0.5, 0.6) is 0 Å². The minimum absolute atomic E-state index is 0.280. The van der Waals surface area contributed by atoms with Gasteiger partial charge in [-0.1, -0.05) is 42.2 Å². The molecule has 7 heteroatoms. The zero-order valence-electron chi connectivity index (χ0n) is 12.4. The third-order valence-corrected chi connectivity index (χ3v) is 4.99. The molecule has 1 aliphatic heterocycles. The summed E-state index contributed by atoms with van der Waals surface area (Å²) in [6.45, 7) is 2.48. The molecule has 0 unspecified atom stereocenters. The quantitative estimate of drug-likeness (QED) is 0.681. The first-order valence-corrected chi connectivity index (χ1v) is 8.28.